The molecule has 3 nitrogen and oxygen atoms in total. The quantitative estimate of drug-likeness (QED) is 0.551. The van der Waals surface area contributed by atoms with Crippen LogP contribution in [0, 0.1) is 29.1 Å². The summed E-state index contributed by atoms with van der Waals surface area (Å²) in [6.45, 7) is 2.16. The Kier molecular flexibility index (Phi) is 3.18. The predicted molar refractivity (Wildman–Crippen MR) is 82.1 cm³/mol. The molecule has 4 rings (SSSR count). The highest BCUT2D eigenvalue weighted by molar-refractivity contribution is 6.05. The van der Waals surface area contributed by atoms with Crippen LogP contribution in [-0.4, -0.2) is 17.3 Å². The minimum absolute atomic E-state index is 0.0120. The molecule has 0 unspecified atom stereocenters. The van der Waals surface area contributed by atoms with Gasteiger partial charge >= 0.3 is 0 Å². The number of hydrogen-bond acceptors (Lipinski definition) is 3. The molecule has 0 heterocycles. The van der Waals surface area contributed by atoms with Crippen LogP contribution in [0.3, 0.4) is 0 Å². The van der Waals surface area contributed by atoms with E-state index in [1.807, 2.05) is 0 Å². The molecular formula is C19H24O3. The lowest BCUT2D eigenvalue weighted by Crippen LogP contribution is -2.49. The average Bonchev–Trinajstić information content (AvgIpc) is 2.84. The largest absolute Gasteiger partial charge is 0.299 e. The zero-order valence-electron chi connectivity index (χ0n) is 13.3. The lowest BCUT2D eigenvalue weighted by Gasteiger charge is -2.51. The molecule has 0 bridgehead atoms. The van der Waals surface area contributed by atoms with E-state index in [0.717, 1.165) is 44.1 Å². The molecule has 0 aromatic rings. The lowest BCUT2D eigenvalue weighted by molar-refractivity contribution is -0.136. The summed E-state index contributed by atoms with van der Waals surface area (Å²) in [5, 5.41) is 0. The van der Waals surface area contributed by atoms with Crippen LogP contribution in [0.15, 0.2) is 11.6 Å². The van der Waals surface area contributed by atoms with Gasteiger partial charge in [0.1, 0.15) is 17.3 Å². The van der Waals surface area contributed by atoms with E-state index < -0.39 is 0 Å². The Bertz CT molecular complexity index is 587. The number of fused-ring (bicyclic) bond motifs is 5. The fourth-order valence-corrected chi connectivity index (χ4v) is 6.20. The highest BCUT2D eigenvalue weighted by atomic mass is 16.2. The first-order valence-corrected chi connectivity index (χ1v) is 8.83. The lowest BCUT2D eigenvalue weighted by atomic mass is 9.52. The van der Waals surface area contributed by atoms with Crippen LogP contribution in [0.5, 0.6) is 0 Å². The van der Waals surface area contributed by atoms with Gasteiger partial charge in [-0.3, -0.25) is 14.4 Å². The molecule has 0 aromatic carbocycles. The highest BCUT2D eigenvalue weighted by Crippen LogP contribution is 2.60. The van der Waals surface area contributed by atoms with Gasteiger partial charge in [-0.15, -0.1) is 0 Å². The fraction of sp³-hybridized carbons (Fsp3) is 0.737. The molecule has 3 saturated carbocycles. The van der Waals surface area contributed by atoms with Gasteiger partial charge in [0.05, 0.1) is 6.42 Å². The van der Waals surface area contributed by atoms with Gasteiger partial charge in [0, 0.05) is 24.2 Å². The molecule has 5 atom stereocenters. The summed E-state index contributed by atoms with van der Waals surface area (Å²) in [6, 6.07) is 0. The van der Waals surface area contributed by atoms with Crippen molar-refractivity contribution in [3.63, 3.8) is 0 Å². The third-order valence-electron chi connectivity index (χ3n) is 7.17. The van der Waals surface area contributed by atoms with Crippen LogP contribution in [0.25, 0.3) is 0 Å². The maximum absolute atomic E-state index is 12.5. The molecule has 0 spiro atoms. The summed E-state index contributed by atoms with van der Waals surface area (Å²) in [4.78, 5) is 36.7. The van der Waals surface area contributed by atoms with Crippen molar-refractivity contribution < 1.29 is 14.4 Å². The smallest absolute Gasteiger partial charge is 0.147 e. The van der Waals surface area contributed by atoms with E-state index in [-0.39, 0.29) is 29.3 Å². The van der Waals surface area contributed by atoms with Crippen LogP contribution in [0.1, 0.15) is 58.3 Å². The maximum atomic E-state index is 12.5. The molecule has 0 N–H and O–H groups in total. The van der Waals surface area contributed by atoms with Crippen LogP contribution < -0.4 is 0 Å². The van der Waals surface area contributed by atoms with E-state index in [1.54, 1.807) is 0 Å². The van der Waals surface area contributed by atoms with Gasteiger partial charge in [0.15, 0.2) is 0 Å². The van der Waals surface area contributed by atoms with Crippen molar-refractivity contribution in [3.8, 4) is 0 Å². The van der Waals surface area contributed by atoms with Crippen molar-refractivity contribution in [1.82, 2.24) is 0 Å². The molecule has 3 fully saturated rings. The Labute approximate surface area is 131 Å². The summed E-state index contributed by atoms with van der Waals surface area (Å²) in [6.07, 6.45) is 8.41. The minimum Gasteiger partial charge on any atom is -0.299 e. The highest BCUT2D eigenvalue weighted by Gasteiger charge is 2.58. The number of carbonyl (C=O) groups excluding carboxylic acids is 3. The topological polar surface area (TPSA) is 51.2 Å². The molecule has 0 radical (unpaired) electrons. The third kappa shape index (κ3) is 1.77. The van der Waals surface area contributed by atoms with Gasteiger partial charge < -0.3 is 0 Å². The molecule has 4 aliphatic carbocycles. The van der Waals surface area contributed by atoms with E-state index in [1.165, 1.54) is 0 Å². The zero-order valence-corrected chi connectivity index (χ0v) is 13.3. The summed E-state index contributed by atoms with van der Waals surface area (Å²) < 4.78 is 0. The van der Waals surface area contributed by atoms with Crippen molar-refractivity contribution in [2.75, 3.05) is 0 Å². The second kappa shape index (κ2) is 4.87. The number of hydrogen-bond donors (Lipinski definition) is 0. The molecule has 3 heteroatoms. The van der Waals surface area contributed by atoms with Crippen molar-refractivity contribution in [1.29, 1.82) is 0 Å². The Morgan fingerprint density at radius 2 is 1.95 bits per heavy atom. The van der Waals surface area contributed by atoms with E-state index in [4.69, 9.17) is 0 Å². The third-order valence-corrected chi connectivity index (χ3v) is 7.17. The van der Waals surface area contributed by atoms with Crippen molar-refractivity contribution in [3.05, 3.63) is 11.6 Å². The van der Waals surface area contributed by atoms with Crippen LogP contribution in [0.2, 0.25) is 0 Å². The second-order valence-electron chi connectivity index (χ2n) is 7.80. The predicted octanol–water partition coefficient (Wildman–Crippen LogP) is 3.27. The number of carbonyl (C=O) groups is 3. The second-order valence-corrected chi connectivity index (χ2v) is 7.80. The Morgan fingerprint density at radius 1 is 1.14 bits per heavy atom. The average molecular weight is 300 g/mol. The van der Waals surface area contributed by atoms with E-state index in [2.05, 4.69) is 13.0 Å². The molecule has 0 aliphatic heterocycles. The normalized spacial score (nSPS) is 44.2. The SMILES string of the molecule is CC[C@]12CC[C@@H]3[C@H]4C(=O)CC(=O)CC4=CC[C@H]3[C@@H]1CCC2=O. The van der Waals surface area contributed by atoms with Gasteiger partial charge in [-0.05, 0) is 49.9 Å². The molecule has 0 aromatic heterocycles. The first kappa shape index (κ1) is 14.3. The first-order chi connectivity index (χ1) is 10.6. The number of ketones is 3. The summed E-state index contributed by atoms with van der Waals surface area (Å²) in [7, 11) is 0. The molecular weight excluding hydrogens is 276 g/mol. The van der Waals surface area contributed by atoms with Crippen LogP contribution in [0.4, 0.5) is 0 Å². The van der Waals surface area contributed by atoms with Crippen molar-refractivity contribution >= 4 is 17.3 Å². The van der Waals surface area contributed by atoms with Gasteiger partial charge in [0.25, 0.3) is 0 Å². The molecule has 118 valence electrons. The van der Waals surface area contributed by atoms with Gasteiger partial charge in [0.2, 0.25) is 0 Å². The van der Waals surface area contributed by atoms with E-state index >= 15 is 0 Å². The minimum atomic E-state index is -0.0972. The first-order valence-electron chi connectivity index (χ1n) is 8.83. The summed E-state index contributed by atoms with van der Waals surface area (Å²) in [5.41, 5.74) is 0.996. The Morgan fingerprint density at radius 3 is 2.73 bits per heavy atom. The van der Waals surface area contributed by atoms with Crippen LogP contribution in [-0.2, 0) is 14.4 Å². The Hall–Kier alpha value is -1.25. The van der Waals surface area contributed by atoms with Crippen molar-refractivity contribution in [2.24, 2.45) is 29.1 Å². The molecule has 0 amide bonds. The standard InChI is InChI=1S/C19H24O3/c1-2-19-8-7-14-13(15(19)5-6-17(19)22)4-3-11-9-12(20)10-16(21)18(11)14/h3,13-15,18H,2,4-10H2,1H3/t13-,14+,15+,18+,19+/m1/s1. The summed E-state index contributed by atoms with van der Waals surface area (Å²) in [5.74, 6) is 2.01. The fourth-order valence-electron chi connectivity index (χ4n) is 6.20. The van der Waals surface area contributed by atoms with Crippen LogP contribution >= 0.6 is 0 Å². The van der Waals surface area contributed by atoms with Gasteiger partial charge in [-0.1, -0.05) is 18.6 Å². The number of Topliss-reactive ketones (excluding diaryl/α,β-unsaturated/α-hetero) is 3. The van der Waals surface area contributed by atoms with E-state index in [0.29, 0.717) is 30.0 Å². The molecule has 22 heavy (non-hydrogen) atoms. The Balaban J connectivity index is 1.70. The van der Waals surface area contributed by atoms with Gasteiger partial charge in [-0.25, -0.2) is 0 Å². The monoisotopic (exact) mass is 300 g/mol. The number of rotatable bonds is 1. The zero-order chi connectivity index (χ0) is 15.5. The molecule has 4 aliphatic rings. The van der Waals surface area contributed by atoms with Gasteiger partial charge in [-0.2, -0.15) is 0 Å². The molecule has 0 saturated heterocycles. The van der Waals surface area contributed by atoms with E-state index in [9.17, 15) is 14.4 Å². The number of allylic oxidation sites excluding steroid dienone is 2. The van der Waals surface area contributed by atoms with Crippen molar-refractivity contribution in [2.45, 2.75) is 58.3 Å². The summed E-state index contributed by atoms with van der Waals surface area (Å²) >= 11 is 0. The maximum Gasteiger partial charge on any atom is 0.147 e.